The van der Waals surface area contributed by atoms with Gasteiger partial charge in [0, 0.05) is 5.56 Å². The van der Waals surface area contributed by atoms with Gasteiger partial charge in [-0.3, -0.25) is 0 Å². The number of anilines is 2. The highest BCUT2D eigenvalue weighted by molar-refractivity contribution is 9.10. The number of nitrogen functional groups attached to an aromatic ring is 2. The molecule has 0 radical (unpaired) electrons. The van der Waals surface area contributed by atoms with Gasteiger partial charge in [-0.05, 0) is 27.1 Å². The van der Waals surface area contributed by atoms with E-state index in [2.05, 4.69) is 38.0 Å². The molecule has 4 N–H and O–H groups in total. The average molecular weight is 341 g/mol. The van der Waals surface area contributed by atoms with Gasteiger partial charge in [0.25, 0.3) is 0 Å². The molecular weight excluding hydrogens is 328 g/mol. The molecule has 5 heteroatoms. The maximum Gasteiger partial charge on any atom is 0.222 e. The standard InChI is InChI=1S/C16H13BrN4/c17-13-14(20-16(19)21-15(13)18)12-9-5-4-8-11(12)10-6-2-1-3-7-10/h1-9H,(H4,18,19,20,21). The van der Waals surface area contributed by atoms with E-state index in [0.717, 1.165) is 16.7 Å². The van der Waals surface area contributed by atoms with Crippen LogP contribution in [0.15, 0.2) is 59.1 Å². The summed E-state index contributed by atoms with van der Waals surface area (Å²) in [5, 5.41) is 0. The van der Waals surface area contributed by atoms with Gasteiger partial charge >= 0.3 is 0 Å². The van der Waals surface area contributed by atoms with Crippen LogP contribution in [0.1, 0.15) is 0 Å². The Hall–Kier alpha value is -2.40. The van der Waals surface area contributed by atoms with Crippen LogP contribution in [0, 0.1) is 0 Å². The number of rotatable bonds is 2. The van der Waals surface area contributed by atoms with E-state index in [4.69, 9.17) is 11.5 Å². The summed E-state index contributed by atoms with van der Waals surface area (Å²) in [5.41, 5.74) is 15.4. The van der Waals surface area contributed by atoms with Crippen molar-refractivity contribution in [3.8, 4) is 22.4 Å². The Balaban J connectivity index is 2.26. The normalized spacial score (nSPS) is 10.5. The van der Waals surface area contributed by atoms with Crippen molar-refractivity contribution in [3.63, 3.8) is 0 Å². The number of hydrogen-bond donors (Lipinski definition) is 2. The minimum Gasteiger partial charge on any atom is -0.383 e. The summed E-state index contributed by atoms with van der Waals surface area (Å²) in [5.74, 6) is 0.494. The van der Waals surface area contributed by atoms with Gasteiger partial charge in [-0.1, -0.05) is 54.6 Å². The van der Waals surface area contributed by atoms with Crippen molar-refractivity contribution in [2.45, 2.75) is 0 Å². The van der Waals surface area contributed by atoms with Gasteiger partial charge in [0.05, 0.1) is 10.2 Å². The average Bonchev–Trinajstić information content (AvgIpc) is 2.52. The van der Waals surface area contributed by atoms with Crippen LogP contribution in [0.3, 0.4) is 0 Å². The largest absolute Gasteiger partial charge is 0.383 e. The predicted molar refractivity (Wildman–Crippen MR) is 89.4 cm³/mol. The fourth-order valence-corrected chi connectivity index (χ4v) is 2.61. The van der Waals surface area contributed by atoms with Gasteiger partial charge in [0.1, 0.15) is 5.82 Å². The third kappa shape index (κ3) is 2.60. The van der Waals surface area contributed by atoms with Gasteiger partial charge in [-0.25, -0.2) is 4.98 Å². The van der Waals surface area contributed by atoms with Gasteiger partial charge in [0.15, 0.2) is 0 Å². The van der Waals surface area contributed by atoms with Crippen LogP contribution in [0.2, 0.25) is 0 Å². The highest BCUT2D eigenvalue weighted by Gasteiger charge is 2.14. The van der Waals surface area contributed by atoms with Crippen LogP contribution >= 0.6 is 15.9 Å². The summed E-state index contributed by atoms with van der Waals surface area (Å²) < 4.78 is 0.653. The molecule has 0 aliphatic rings. The van der Waals surface area contributed by atoms with Crippen molar-refractivity contribution in [1.29, 1.82) is 0 Å². The molecule has 4 nitrogen and oxygen atoms in total. The first-order valence-electron chi connectivity index (χ1n) is 6.40. The molecule has 0 unspecified atom stereocenters. The third-order valence-corrected chi connectivity index (χ3v) is 3.94. The van der Waals surface area contributed by atoms with E-state index in [1.165, 1.54) is 0 Å². The van der Waals surface area contributed by atoms with E-state index in [-0.39, 0.29) is 5.95 Å². The van der Waals surface area contributed by atoms with E-state index in [9.17, 15) is 0 Å². The van der Waals surface area contributed by atoms with E-state index in [1.807, 2.05) is 42.5 Å². The van der Waals surface area contributed by atoms with Crippen molar-refractivity contribution < 1.29 is 0 Å². The lowest BCUT2D eigenvalue weighted by molar-refractivity contribution is 1.18. The van der Waals surface area contributed by atoms with E-state index >= 15 is 0 Å². The minimum absolute atomic E-state index is 0.161. The zero-order valence-corrected chi connectivity index (χ0v) is 12.7. The molecule has 0 aliphatic heterocycles. The van der Waals surface area contributed by atoms with Crippen LogP contribution in [0.25, 0.3) is 22.4 Å². The van der Waals surface area contributed by atoms with Crippen LogP contribution in [0.5, 0.6) is 0 Å². The molecular formula is C16H13BrN4. The summed E-state index contributed by atoms with van der Waals surface area (Å²) in [6, 6.07) is 18.1. The number of benzene rings is 2. The van der Waals surface area contributed by atoms with Crippen molar-refractivity contribution in [3.05, 3.63) is 59.1 Å². The zero-order valence-electron chi connectivity index (χ0n) is 11.1. The van der Waals surface area contributed by atoms with Crippen molar-refractivity contribution in [1.82, 2.24) is 9.97 Å². The smallest absolute Gasteiger partial charge is 0.222 e. The monoisotopic (exact) mass is 340 g/mol. The summed E-state index contributed by atoms with van der Waals surface area (Å²) in [7, 11) is 0. The van der Waals surface area contributed by atoms with Crippen molar-refractivity contribution in [2.24, 2.45) is 0 Å². The number of nitrogens with zero attached hydrogens (tertiary/aromatic N) is 2. The molecule has 1 aromatic heterocycles. The Morgan fingerprint density at radius 2 is 1.38 bits per heavy atom. The summed E-state index contributed by atoms with van der Waals surface area (Å²) in [4.78, 5) is 8.29. The SMILES string of the molecule is Nc1nc(N)c(Br)c(-c2ccccc2-c2ccccc2)n1. The second-order valence-corrected chi connectivity index (χ2v) is 5.33. The van der Waals surface area contributed by atoms with Gasteiger partial charge < -0.3 is 11.5 Å². The first-order chi connectivity index (χ1) is 10.2. The lowest BCUT2D eigenvalue weighted by Crippen LogP contribution is -2.03. The van der Waals surface area contributed by atoms with Crippen LogP contribution < -0.4 is 11.5 Å². The molecule has 0 aliphatic carbocycles. The minimum atomic E-state index is 0.161. The van der Waals surface area contributed by atoms with Crippen molar-refractivity contribution in [2.75, 3.05) is 11.5 Å². The van der Waals surface area contributed by atoms with E-state index in [0.29, 0.717) is 16.0 Å². The van der Waals surface area contributed by atoms with Crippen LogP contribution in [0.4, 0.5) is 11.8 Å². The molecule has 104 valence electrons. The molecule has 0 fully saturated rings. The molecule has 0 saturated heterocycles. The van der Waals surface area contributed by atoms with E-state index in [1.54, 1.807) is 0 Å². The fraction of sp³-hybridized carbons (Fsp3) is 0. The van der Waals surface area contributed by atoms with Gasteiger partial charge in [0.2, 0.25) is 5.95 Å². The molecule has 0 bridgehead atoms. The Bertz CT molecular complexity index is 788. The number of nitrogens with two attached hydrogens (primary N) is 2. The molecule has 3 rings (SSSR count). The molecule has 0 spiro atoms. The van der Waals surface area contributed by atoms with Crippen LogP contribution in [-0.2, 0) is 0 Å². The summed E-state index contributed by atoms with van der Waals surface area (Å²) in [6.45, 7) is 0. The maximum atomic E-state index is 5.87. The number of hydrogen-bond acceptors (Lipinski definition) is 4. The second kappa shape index (κ2) is 5.54. The lowest BCUT2D eigenvalue weighted by atomic mass is 9.97. The first kappa shape index (κ1) is 13.6. The quantitative estimate of drug-likeness (QED) is 0.744. The molecule has 0 saturated carbocycles. The number of halogens is 1. The third-order valence-electron chi connectivity index (χ3n) is 3.16. The fourth-order valence-electron chi connectivity index (χ4n) is 2.22. The van der Waals surface area contributed by atoms with Gasteiger partial charge in [-0.2, -0.15) is 4.98 Å². The molecule has 2 aromatic carbocycles. The molecule has 0 atom stereocenters. The van der Waals surface area contributed by atoms with E-state index < -0.39 is 0 Å². The summed E-state index contributed by atoms with van der Waals surface area (Å²) >= 11 is 3.45. The zero-order chi connectivity index (χ0) is 14.8. The Morgan fingerprint density at radius 1 is 0.762 bits per heavy atom. The molecule has 3 aromatic rings. The summed E-state index contributed by atoms with van der Waals surface area (Å²) in [6.07, 6.45) is 0. The molecule has 21 heavy (non-hydrogen) atoms. The molecule has 1 heterocycles. The van der Waals surface area contributed by atoms with Gasteiger partial charge in [-0.15, -0.1) is 0 Å². The topological polar surface area (TPSA) is 77.8 Å². The maximum absolute atomic E-state index is 5.87. The number of aromatic nitrogens is 2. The lowest BCUT2D eigenvalue weighted by Gasteiger charge is -2.12. The second-order valence-electron chi connectivity index (χ2n) is 4.54. The first-order valence-corrected chi connectivity index (χ1v) is 7.19. The Morgan fingerprint density at radius 3 is 2.10 bits per heavy atom. The van der Waals surface area contributed by atoms with Crippen molar-refractivity contribution >= 4 is 27.7 Å². The highest BCUT2D eigenvalue weighted by Crippen LogP contribution is 2.36. The Kier molecular flexibility index (Phi) is 3.58. The molecule has 0 amide bonds. The highest BCUT2D eigenvalue weighted by atomic mass is 79.9. The van der Waals surface area contributed by atoms with Crippen LogP contribution in [-0.4, -0.2) is 9.97 Å². The predicted octanol–water partition coefficient (Wildman–Crippen LogP) is 3.74. The Labute approximate surface area is 131 Å².